The minimum absolute atomic E-state index is 0.0770. The van der Waals surface area contributed by atoms with E-state index in [0.29, 0.717) is 5.56 Å². The van der Waals surface area contributed by atoms with E-state index in [1.807, 2.05) is 0 Å². The quantitative estimate of drug-likeness (QED) is 0.464. The molecule has 0 spiro atoms. The van der Waals surface area contributed by atoms with Crippen molar-refractivity contribution in [1.29, 1.82) is 0 Å². The zero-order chi connectivity index (χ0) is 23.4. The Bertz CT molecular complexity index is 1140. The normalized spacial score (nSPS) is 15.6. The fourth-order valence-corrected chi connectivity index (χ4v) is 3.81. The van der Waals surface area contributed by atoms with Gasteiger partial charge in [0, 0.05) is 0 Å². The Morgan fingerprint density at radius 1 is 1.25 bits per heavy atom. The predicted octanol–water partition coefficient (Wildman–Crippen LogP) is 3.23. The molecule has 2 N–H and O–H groups in total. The summed E-state index contributed by atoms with van der Waals surface area (Å²) < 4.78 is 24.5. The number of amides is 2. The lowest BCUT2D eigenvalue weighted by Gasteiger charge is -2.15. The number of thiocarbonyl (C=S) groups is 1. The van der Waals surface area contributed by atoms with Crippen LogP contribution in [0.1, 0.15) is 22.8 Å². The number of carboxylic acids is 1. The molecule has 2 aromatic carbocycles. The van der Waals surface area contributed by atoms with Crippen molar-refractivity contribution in [2.75, 3.05) is 7.11 Å². The largest absolute Gasteiger partial charge is 0.493 e. The van der Waals surface area contributed by atoms with Crippen LogP contribution in [0.5, 0.6) is 11.5 Å². The number of halogens is 1. The molecule has 1 aliphatic rings. The van der Waals surface area contributed by atoms with Crippen molar-refractivity contribution >= 4 is 52.2 Å². The number of nitrogens with zero attached hydrogens (tertiary/aromatic N) is 1. The molecule has 3 rings (SSSR count). The number of carbonyl (C=O) groups is 3. The Morgan fingerprint density at radius 3 is 2.62 bits per heavy atom. The zero-order valence-corrected chi connectivity index (χ0v) is 18.5. The molecule has 1 fully saturated rings. The Hall–Kier alpha value is -3.44. The molecule has 8 nitrogen and oxygen atoms in total. The van der Waals surface area contributed by atoms with E-state index in [1.54, 1.807) is 12.1 Å². The number of hydrogen-bond acceptors (Lipinski definition) is 7. The summed E-state index contributed by atoms with van der Waals surface area (Å²) in [6.07, 6.45) is 0.450. The first-order valence-electron chi connectivity index (χ1n) is 9.12. The summed E-state index contributed by atoms with van der Waals surface area (Å²) in [6.45, 7) is 1.39. The van der Waals surface area contributed by atoms with Crippen LogP contribution < -0.4 is 14.9 Å². The van der Waals surface area contributed by atoms with Crippen molar-refractivity contribution in [1.82, 2.24) is 10.4 Å². The first-order valence-corrected chi connectivity index (χ1v) is 10.3. The van der Waals surface area contributed by atoms with E-state index in [9.17, 15) is 18.8 Å². The van der Waals surface area contributed by atoms with Gasteiger partial charge in [0.1, 0.15) is 5.82 Å². The molecule has 0 aliphatic carbocycles. The molecule has 1 atom stereocenters. The van der Waals surface area contributed by atoms with Crippen LogP contribution in [-0.2, 0) is 9.59 Å². The van der Waals surface area contributed by atoms with Gasteiger partial charge in [0.15, 0.2) is 21.9 Å². The van der Waals surface area contributed by atoms with Gasteiger partial charge < -0.3 is 14.6 Å². The van der Waals surface area contributed by atoms with Gasteiger partial charge in [-0.25, -0.2) is 9.18 Å². The molecule has 0 radical (unpaired) electrons. The van der Waals surface area contributed by atoms with Crippen molar-refractivity contribution in [2.45, 2.75) is 13.0 Å². The summed E-state index contributed by atoms with van der Waals surface area (Å²) in [5.74, 6) is -2.74. The Balaban J connectivity index is 1.79. The van der Waals surface area contributed by atoms with Gasteiger partial charge in [0.05, 0.1) is 17.6 Å². The molecule has 2 amide bonds. The molecular weight excluding hydrogens is 459 g/mol. The number of thioether (sulfide) groups is 1. The van der Waals surface area contributed by atoms with Crippen molar-refractivity contribution in [2.24, 2.45) is 0 Å². The molecule has 1 unspecified atom stereocenters. The third kappa shape index (κ3) is 5.06. The van der Waals surface area contributed by atoms with E-state index >= 15 is 0 Å². The van der Waals surface area contributed by atoms with Gasteiger partial charge in [-0.2, -0.15) is 5.01 Å². The van der Waals surface area contributed by atoms with Crippen LogP contribution in [0.15, 0.2) is 47.4 Å². The van der Waals surface area contributed by atoms with E-state index in [-0.39, 0.29) is 26.3 Å². The lowest BCUT2D eigenvalue weighted by Crippen LogP contribution is -2.45. The number of methoxy groups -OCH3 is 1. The van der Waals surface area contributed by atoms with Gasteiger partial charge in [-0.1, -0.05) is 30.0 Å². The summed E-state index contributed by atoms with van der Waals surface area (Å²) in [6, 6.07) is 10.1. The lowest BCUT2D eigenvalue weighted by molar-refractivity contribution is -0.144. The van der Waals surface area contributed by atoms with E-state index in [4.69, 9.17) is 26.8 Å². The number of ether oxygens (including phenoxy) is 2. The Labute approximate surface area is 192 Å². The molecule has 1 aliphatic heterocycles. The average Bonchev–Trinajstić information content (AvgIpc) is 3.02. The lowest BCUT2D eigenvalue weighted by atomic mass is 10.2. The maximum Gasteiger partial charge on any atom is 0.344 e. The third-order valence-corrected chi connectivity index (χ3v) is 5.56. The second-order valence-corrected chi connectivity index (χ2v) is 8.12. The van der Waals surface area contributed by atoms with Gasteiger partial charge in [-0.05, 0) is 55.0 Å². The van der Waals surface area contributed by atoms with Gasteiger partial charge >= 0.3 is 5.97 Å². The van der Waals surface area contributed by atoms with Gasteiger partial charge in [-0.15, -0.1) is 0 Å². The Kier molecular flexibility index (Phi) is 7.11. The number of hydrazine groups is 1. The number of carboxylic acid groups (broad SMARTS) is 1. The van der Waals surface area contributed by atoms with Gasteiger partial charge in [-0.3, -0.25) is 15.0 Å². The molecule has 0 bridgehead atoms. The van der Waals surface area contributed by atoms with Crippen LogP contribution in [0.2, 0.25) is 0 Å². The van der Waals surface area contributed by atoms with Gasteiger partial charge in [0.2, 0.25) is 0 Å². The van der Waals surface area contributed by atoms with Crippen LogP contribution in [0.3, 0.4) is 0 Å². The summed E-state index contributed by atoms with van der Waals surface area (Å²) in [7, 11) is 1.40. The fourth-order valence-electron chi connectivity index (χ4n) is 2.63. The fraction of sp³-hybridized carbons (Fsp3) is 0.143. The van der Waals surface area contributed by atoms with Gasteiger partial charge in [0.25, 0.3) is 11.8 Å². The van der Waals surface area contributed by atoms with Crippen molar-refractivity contribution in [3.05, 3.63) is 64.3 Å². The highest BCUT2D eigenvalue weighted by molar-refractivity contribution is 8.26. The zero-order valence-electron chi connectivity index (χ0n) is 16.8. The van der Waals surface area contributed by atoms with Crippen LogP contribution in [0.4, 0.5) is 4.39 Å². The van der Waals surface area contributed by atoms with Crippen molar-refractivity contribution in [3.8, 4) is 11.5 Å². The van der Waals surface area contributed by atoms with Crippen LogP contribution in [-0.4, -0.2) is 45.4 Å². The van der Waals surface area contributed by atoms with Crippen molar-refractivity contribution < 1.29 is 33.4 Å². The highest BCUT2D eigenvalue weighted by atomic mass is 32.2. The molecule has 0 aromatic heterocycles. The minimum Gasteiger partial charge on any atom is -0.493 e. The smallest absolute Gasteiger partial charge is 0.344 e. The summed E-state index contributed by atoms with van der Waals surface area (Å²) in [5, 5.41) is 9.88. The Morgan fingerprint density at radius 2 is 1.97 bits per heavy atom. The maximum absolute atomic E-state index is 13.8. The first-order chi connectivity index (χ1) is 15.2. The number of benzene rings is 2. The highest BCUT2D eigenvalue weighted by Crippen LogP contribution is 2.34. The number of aliphatic carboxylic acids is 1. The number of hydrogen-bond donors (Lipinski definition) is 2. The summed E-state index contributed by atoms with van der Waals surface area (Å²) in [4.78, 5) is 36.3. The van der Waals surface area contributed by atoms with Crippen LogP contribution in [0.25, 0.3) is 6.08 Å². The highest BCUT2D eigenvalue weighted by Gasteiger charge is 2.34. The van der Waals surface area contributed by atoms with E-state index in [1.165, 1.54) is 44.4 Å². The monoisotopic (exact) mass is 476 g/mol. The molecule has 1 heterocycles. The standard InChI is InChI=1S/C21H17FN2O6S2/c1-11(20(27)28)30-15-8-7-12(9-16(15)29-2)10-17-19(26)24(21(31)32-17)23-18(25)13-5-3-4-6-14(13)22/h3-11H,1-2H3,(H,23,25)(H,27,28)/b17-10+. The predicted molar refractivity (Wildman–Crippen MR) is 120 cm³/mol. The van der Waals surface area contributed by atoms with E-state index < -0.39 is 29.7 Å². The number of nitrogens with one attached hydrogen (secondary N) is 1. The molecule has 0 saturated carbocycles. The molecule has 2 aromatic rings. The van der Waals surface area contributed by atoms with Crippen molar-refractivity contribution in [3.63, 3.8) is 0 Å². The topological polar surface area (TPSA) is 105 Å². The first kappa shape index (κ1) is 23.2. The van der Waals surface area contributed by atoms with Crippen LogP contribution in [0, 0.1) is 5.82 Å². The van der Waals surface area contributed by atoms with E-state index in [2.05, 4.69) is 5.43 Å². The average molecular weight is 477 g/mol. The molecule has 11 heteroatoms. The van der Waals surface area contributed by atoms with Crippen LogP contribution >= 0.6 is 24.0 Å². The third-order valence-electron chi connectivity index (χ3n) is 4.26. The molecular formula is C21H17FN2O6S2. The van der Waals surface area contributed by atoms with E-state index in [0.717, 1.165) is 22.8 Å². The number of carbonyl (C=O) groups excluding carboxylic acids is 2. The molecule has 32 heavy (non-hydrogen) atoms. The molecule has 166 valence electrons. The summed E-state index contributed by atoms with van der Waals surface area (Å²) >= 11 is 6.13. The second-order valence-electron chi connectivity index (χ2n) is 6.45. The SMILES string of the molecule is COc1cc(/C=C2/SC(=S)N(NC(=O)c3ccccc3F)C2=O)ccc1OC(C)C(=O)O. The minimum atomic E-state index is -1.13. The maximum atomic E-state index is 13.8. The number of rotatable bonds is 7. The molecule has 1 saturated heterocycles. The summed E-state index contributed by atoms with van der Waals surface area (Å²) in [5.41, 5.74) is 2.65. The second kappa shape index (κ2) is 9.79.